The Morgan fingerprint density at radius 2 is 1.89 bits per heavy atom. The Labute approximate surface area is 111 Å². The fourth-order valence-corrected chi connectivity index (χ4v) is 5.56. The average Bonchev–Trinajstić information content (AvgIpc) is 3.00. The minimum Gasteiger partial charge on any atom is -0.313 e. The van der Waals surface area contributed by atoms with E-state index in [2.05, 4.69) is 5.32 Å². The van der Waals surface area contributed by atoms with Crippen molar-refractivity contribution in [3.8, 4) is 0 Å². The zero-order valence-electron chi connectivity index (χ0n) is 11.3. The van der Waals surface area contributed by atoms with E-state index in [1.54, 1.807) is 6.92 Å². The van der Waals surface area contributed by atoms with Gasteiger partial charge in [0.15, 0.2) is 9.84 Å². The van der Waals surface area contributed by atoms with Crippen LogP contribution in [0.5, 0.6) is 0 Å². The van der Waals surface area contributed by atoms with Crippen LogP contribution in [0, 0.1) is 23.7 Å². The summed E-state index contributed by atoms with van der Waals surface area (Å²) < 4.78 is 23.0. The fraction of sp³-hybridized carbons (Fsp3) is 1.00. The summed E-state index contributed by atoms with van der Waals surface area (Å²) in [6, 6.07) is 0.612. The molecule has 0 saturated heterocycles. The molecule has 3 aliphatic carbocycles. The molecule has 0 aliphatic heterocycles. The molecule has 18 heavy (non-hydrogen) atoms. The van der Waals surface area contributed by atoms with E-state index in [4.69, 9.17) is 0 Å². The van der Waals surface area contributed by atoms with Crippen LogP contribution >= 0.6 is 0 Å². The highest BCUT2D eigenvalue weighted by atomic mass is 32.2. The molecule has 0 radical (unpaired) electrons. The van der Waals surface area contributed by atoms with Crippen molar-refractivity contribution in [1.82, 2.24) is 5.32 Å². The Morgan fingerprint density at radius 1 is 1.11 bits per heavy atom. The zero-order chi connectivity index (χ0) is 12.8. The summed E-state index contributed by atoms with van der Waals surface area (Å²) in [6.45, 7) is 2.39. The minimum atomic E-state index is -2.80. The molecule has 3 nitrogen and oxygen atoms in total. The van der Waals surface area contributed by atoms with Gasteiger partial charge in [-0.1, -0.05) is 13.3 Å². The maximum absolute atomic E-state index is 11.5. The lowest BCUT2D eigenvalue weighted by Gasteiger charge is -2.32. The van der Waals surface area contributed by atoms with Crippen molar-refractivity contribution in [3.05, 3.63) is 0 Å². The van der Waals surface area contributed by atoms with Gasteiger partial charge in [0.1, 0.15) is 0 Å². The van der Waals surface area contributed by atoms with Gasteiger partial charge in [-0.15, -0.1) is 0 Å². The number of hydrogen-bond acceptors (Lipinski definition) is 3. The maximum atomic E-state index is 11.5. The summed E-state index contributed by atoms with van der Waals surface area (Å²) in [5.74, 6) is 4.37. The Bertz CT molecular complexity index is 406. The summed E-state index contributed by atoms with van der Waals surface area (Å²) >= 11 is 0. The lowest BCUT2D eigenvalue weighted by Crippen LogP contribution is -2.41. The van der Waals surface area contributed by atoms with E-state index in [1.165, 1.54) is 32.1 Å². The lowest BCUT2D eigenvalue weighted by molar-refractivity contribution is 0.211. The SMILES string of the molecule is CCS(=O)(=O)CCN[C@@H]1C[C@H]2C[C@@H]1[C@H]1CCC[C@H]21. The Morgan fingerprint density at radius 3 is 2.67 bits per heavy atom. The van der Waals surface area contributed by atoms with Crippen LogP contribution in [-0.4, -0.2) is 32.5 Å². The molecule has 0 aromatic carbocycles. The molecule has 4 heteroatoms. The van der Waals surface area contributed by atoms with Crippen LogP contribution in [0.25, 0.3) is 0 Å². The molecule has 0 amide bonds. The molecule has 0 aromatic heterocycles. The molecule has 3 rings (SSSR count). The Kier molecular flexibility index (Phi) is 3.43. The van der Waals surface area contributed by atoms with Crippen LogP contribution < -0.4 is 5.32 Å². The van der Waals surface area contributed by atoms with Crippen molar-refractivity contribution in [2.75, 3.05) is 18.1 Å². The quantitative estimate of drug-likeness (QED) is 0.830. The van der Waals surface area contributed by atoms with Crippen molar-refractivity contribution in [3.63, 3.8) is 0 Å². The molecule has 2 bridgehead atoms. The number of sulfone groups is 1. The standard InChI is InChI=1S/C14H25NO2S/c1-2-18(16,17)7-6-15-14-9-10-8-13(14)12-5-3-4-11(10)12/h10-15H,2-9H2,1H3/t10-,11-,12+,13-,14-/m1/s1. The highest BCUT2D eigenvalue weighted by molar-refractivity contribution is 7.91. The molecule has 3 saturated carbocycles. The topological polar surface area (TPSA) is 46.2 Å². The molecule has 1 N–H and O–H groups in total. The second-order valence-electron chi connectivity index (χ2n) is 6.45. The van der Waals surface area contributed by atoms with Gasteiger partial charge in [-0.2, -0.15) is 0 Å². The fourth-order valence-electron chi connectivity index (χ4n) is 4.85. The number of fused-ring (bicyclic) bond motifs is 5. The molecule has 0 aromatic rings. The van der Waals surface area contributed by atoms with Gasteiger partial charge >= 0.3 is 0 Å². The predicted molar refractivity (Wildman–Crippen MR) is 73.2 cm³/mol. The first-order valence-corrected chi connectivity index (χ1v) is 9.36. The zero-order valence-corrected chi connectivity index (χ0v) is 12.1. The van der Waals surface area contributed by atoms with E-state index < -0.39 is 9.84 Å². The van der Waals surface area contributed by atoms with E-state index >= 15 is 0 Å². The highest BCUT2D eigenvalue weighted by Crippen LogP contribution is 2.58. The third-order valence-electron chi connectivity index (χ3n) is 5.69. The first kappa shape index (κ1) is 12.9. The maximum Gasteiger partial charge on any atom is 0.151 e. The van der Waals surface area contributed by atoms with Gasteiger partial charge in [0, 0.05) is 18.3 Å². The third-order valence-corrected chi connectivity index (χ3v) is 7.39. The number of hydrogen-bond donors (Lipinski definition) is 1. The van der Waals surface area contributed by atoms with Crippen LogP contribution in [0.3, 0.4) is 0 Å². The van der Waals surface area contributed by atoms with Crippen LogP contribution in [0.1, 0.15) is 39.0 Å². The Hall–Kier alpha value is -0.0900. The van der Waals surface area contributed by atoms with Crippen LogP contribution in [0.15, 0.2) is 0 Å². The molecule has 0 unspecified atom stereocenters. The third kappa shape index (κ3) is 2.22. The second-order valence-corrected chi connectivity index (χ2v) is 8.92. The lowest BCUT2D eigenvalue weighted by atomic mass is 9.79. The van der Waals surface area contributed by atoms with Gasteiger partial charge in [-0.25, -0.2) is 8.42 Å². The largest absolute Gasteiger partial charge is 0.313 e. The van der Waals surface area contributed by atoms with Gasteiger partial charge in [0.2, 0.25) is 0 Å². The summed E-state index contributed by atoms with van der Waals surface area (Å²) in [5.41, 5.74) is 0. The summed E-state index contributed by atoms with van der Waals surface area (Å²) in [7, 11) is -2.80. The van der Waals surface area contributed by atoms with E-state index in [-0.39, 0.29) is 5.75 Å². The second kappa shape index (κ2) is 4.78. The van der Waals surface area contributed by atoms with Crippen LogP contribution in [0.4, 0.5) is 0 Å². The normalized spacial score (nSPS) is 42.4. The summed E-state index contributed by atoms with van der Waals surface area (Å²) in [5, 5.41) is 3.54. The highest BCUT2D eigenvalue weighted by Gasteiger charge is 2.53. The van der Waals surface area contributed by atoms with E-state index in [0.29, 0.717) is 18.3 Å². The van der Waals surface area contributed by atoms with Crippen molar-refractivity contribution >= 4 is 9.84 Å². The molecular formula is C14H25NO2S. The minimum absolute atomic E-state index is 0.274. The van der Waals surface area contributed by atoms with Crippen molar-refractivity contribution in [1.29, 1.82) is 0 Å². The Balaban J connectivity index is 1.51. The van der Waals surface area contributed by atoms with Gasteiger partial charge in [-0.05, 0) is 49.4 Å². The van der Waals surface area contributed by atoms with Gasteiger partial charge < -0.3 is 5.32 Å². The van der Waals surface area contributed by atoms with Gasteiger partial charge in [0.05, 0.1) is 5.75 Å². The molecule has 3 fully saturated rings. The van der Waals surface area contributed by atoms with Crippen molar-refractivity contribution in [2.45, 2.75) is 45.1 Å². The first-order chi connectivity index (χ1) is 8.61. The molecular weight excluding hydrogens is 246 g/mol. The van der Waals surface area contributed by atoms with Crippen LogP contribution in [0.2, 0.25) is 0 Å². The number of rotatable bonds is 5. The van der Waals surface area contributed by atoms with E-state index in [9.17, 15) is 8.42 Å². The molecule has 5 atom stereocenters. The predicted octanol–water partition coefficient (Wildman–Crippen LogP) is 1.84. The summed E-state index contributed by atoms with van der Waals surface area (Å²) in [4.78, 5) is 0. The summed E-state index contributed by atoms with van der Waals surface area (Å²) in [6.07, 6.45) is 7.03. The van der Waals surface area contributed by atoms with Crippen molar-refractivity contribution < 1.29 is 8.42 Å². The molecule has 0 heterocycles. The number of nitrogens with one attached hydrogen (secondary N) is 1. The van der Waals surface area contributed by atoms with Crippen molar-refractivity contribution in [2.24, 2.45) is 23.7 Å². The smallest absolute Gasteiger partial charge is 0.151 e. The average molecular weight is 271 g/mol. The molecule has 0 spiro atoms. The van der Waals surface area contributed by atoms with Gasteiger partial charge in [0.25, 0.3) is 0 Å². The van der Waals surface area contributed by atoms with Gasteiger partial charge in [-0.3, -0.25) is 0 Å². The monoisotopic (exact) mass is 271 g/mol. The first-order valence-electron chi connectivity index (χ1n) is 7.54. The van der Waals surface area contributed by atoms with E-state index in [1.807, 2.05) is 0 Å². The molecule has 104 valence electrons. The molecule has 3 aliphatic rings. The van der Waals surface area contributed by atoms with E-state index in [0.717, 1.165) is 23.7 Å². The van der Waals surface area contributed by atoms with Crippen LogP contribution in [-0.2, 0) is 9.84 Å².